The maximum Gasteiger partial charge on any atom is 0.184 e. The second-order valence-electron chi connectivity index (χ2n) is 3.93. The predicted molar refractivity (Wildman–Crippen MR) is 71.0 cm³/mol. The number of aromatic nitrogens is 4. The molecule has 0 aromatic carbocycles. The van der Waals surface area contributed by atoms with E-state index in [1.807, 2.05) is 13.2 Å². The van der Waals surface area contributed by atoms with Crippen LogP contribution in [0.2, 0.25) is 0 Å². The summed E-state index contributed by atoms with van der Waals surface area (Å²) in [7, 11) is 0. The fourth-order valence-corrected chi connectivity index (χ4v) is 1.86. The molecule has 2 aromatic heterocycles. The molecule has 0 radical (unpaired) electrons. The number of rotatable bonds is 4. The van der Waals surface area contributed by atoms with Gasteiger partial charge in [0.25, 0.3) is 0 Å². The molecule has 0 amide bonds. The molecule has 17 heavy (non-hydrogen) atoms. The smallest absolute Gasteiger partial charge is 0.184 e. The van der Waals surface area contributed by atoms with Crippen LogP contribution in [0.1, 0.15) is 19.2 Å². The quantitative estimate of drug-likeness (QED) is 0.641. The van der Waals surface area contributed by atoms with Gasteiger partial charge in [0.05, 0.1) is 0 Å². The molecular formula is C11H15N5S. The minimum absolute atomic E-state index is 0.458. The first-order chi connectivity index (χ1) is 8.10. The Morgan fingerprint density at radius 1 is 1.41 bits per heavy atom. The maximum atomic E-state index is 5.88. The van der Waals surface area contributed by atoms with Crippen LogP contribution < -0.4 is 5.73 Å². The van der Waals surface area contributed by atoms with Gasteiger partial charge in [-0.05, 0) is 19.6 Å². The van der Waals surface area contributed by atoms with E-state index < -0.39 is 0 Å². The molecule has 5 nitrogen and oxygen atoms in total. The average Bonchev–Trinajstić information content (AvgIpc) is 2.70. The number of thioether (sulfide) groups is 1. The number of nitrogen functional groups attached to an aromatic ring is 1. The van der Waals surface area contributed by atoms with Crippen molar-refractivity contribution in [2.24, 2.45) is 0 Å². The lowest BCUT2D eigenvalue weighted by Crippen LogP contribution is -2.01. The summed E-state index contributed by atoms with van der Waals surface area (Å²) in [5.74, 6) is 1.18. The number of fused-ring (bicyclic) bond motifs is 1. The van der Waals surface area contributed by atoms with Crippen LogP contribution in [0.4, 0.5) is 5.82 Å². The Hall–Kier alpha value is -1.56. The summed E-state index contributed by atoms with van der Waals surface area (Å²) in [6.45, 7) is 5.85. The Balaban J connectivity index is 2.36. The Morgan fingerprint density at radius 3 is 2.82 bits per heavy atom. The second-order valence-corrected chi connectivity index (χ2v) is 4.72. The van der Waals surface area contributed by atoms with Gasteiger partial charge in [0, 0.05) is 6.42 Å². The van der Waals surface area contributed by atoms with Gasteiger partial charge >= 0.3 is 0 Å². The van der Waals surface area contributed by atoms with Crippen LogP contribution in [0, 0.1) is 0 Å². The average molecular weight is 249 g/mol. The molecular weight excluding hydrogens is 234 g/mol. The number of nitrogens with zero attached hydrogens (tertiary/aromatic N) is 3. The number of hydrogen-bond acceptors (Lipinski definition) is 5. The van der Waals surface area contributed by atoms with Gasteiger partial charge in [-0.1, -0.05) is 17.3 Å². The van der Waals surface area contributed by atoms with Crippen molar-refractivity contribution in [1.82, 2.24) is 19.9 Å². The van der Waals surface area contributed by atoms with Crippen molar-refractivity contribution in [2.45, 2.75) is 24.9 Å². The molecule has 0 spiro atoms. The molecule has 0 bridgehead atoms. The lowest BCUT2D eigenvalue weighted by Gasteiger charge is -2.01. The van der Waals surface area contributed by atoms with Crippen LogP contribution in [-0.2, 0) is 6.42 Å². The first-order valence-corrected chi connectivity index (χ1v) is 6.53. The topological polar surface area (TPSA) is 80.5 Å². The van der Waals surface area contributed by atoms with E-state index in [0.717, 1.165) is 29.4 Å². The highest BCUT2D eigenvalue weighted by Crippen LogP contribution is 2.20. The third kappa shape index (κ3) is 2.58. The molecule has 0 saturated carbocycles. The first-order valence-electron chi connectivity index (χ1n) is 5.30. The number of aromatic amines is 1. The monoisotopic (exact) mass is 249 g/mol. The fraction of sp³-hybridized carbons (Fsp3) is 0.364. The number of nitrogens with two attached hydrogens (primary N) is 1. The predicted octanol–water partition coefficient (Wildman–Crippen LogP) is 2.17. The largest absolute Gasteiger partial charge is 0.382 e. The number of anilines is 1. The molecule has 2 aromatic rings. The summed E-state index contributed by atoms with van der Waals surface area (Å²) in [6.07, 6.45) is 3.56. The van der Waals surface area contributed by atoms with Gasteiger partial charge in [-0.2, -0.15) is 0 Å². The van der Waals surface area contributed by atoms with Crippen LogP contribution in [0.5, 0.6) is 0 Å². The van der Waals surface area contributed by atoms with Gasteiger partial charge < -0.3 is 10.7 Å². The van der Waals surface area contributed by atoms with Crippen molar-refractivity contribution in [3.63, 3.8) is 0 Å². The highest BCUT2D eigenvalue weighted by molar-refractivity contribution is 7.98. The lowest BCUT2D eigenvalue weighted by atomic mass is 10.2. The van der Waals surface area contributed by atoms with Crippen LogP contribution in [0.3, 0.4) is 0 Å². The Morgan fingerprint density at radius 2 is 2.18 bits per heavy atom. The summed E-state index contributed by atoms with van der Waals surface area (Å²) in [6, 6.07) is 0. The Bertz CT molecular complexity index is 560. The number of aryl methyl sites for hydroxylation is 1. The van der Waals surface area contributed by atoms with E-state index in [2.05, 4.69) is 26.5 Å². The van der Waals surface area contributed by atoms with Crippen LogP contribution >= 0.6 is 11.8 Å². The molecule has 0 aliphatic heterocycles. The number of hydrogen-bond donors (Lipinski definition) is 2. The van der Waals surface area contributed by atoms with Crippen LogP contribution in [0.15, 0.2) is 17.3 Å². The molecule has 2 rings (SSSR count). The SMILES string of the molecule is C=C(C)CCc1nc(N)c2[nH]c(SC)nc2n1. The minimum atomic E-state index is 0.458. The van der Waals surface area contributed by atoms with E-state index in [-0.39, 0.29) is 0 Å². The van der Waals surface area contributed by atoms with Crippen molar-refractivity contribution in [3.05, 3.63) is 18.0 Å². The molecule has 3 N–H and O–H groups in total. The third-order valence-electron chi connectivity index (χ3n) is 2.37. The number of nitrogens with one attached hydrogen (secondary N) is 1. The van der Waals surface area contributed by atoms with Crippen molar-refractivity contribution in [2.75, 3.05) is 12.0 Å². The molecule has 0 saturated heterocycles. The summed E-state index contributed by atoms with van der Waals surface area (Å²) >= 11 is 1.52. The molecule has 0 fully saturated rings. The highest BCUT2D eigenvalue weighted by Gasteiger charge is 2.10. The molecule has 0 unspecified atom stereocenters. The van der Waals surface area contributed by atoms with Crippen molar-refractivity contribution in [1.29, 1.82) is 0 Å². The minimum Gasteiger partial charge on any atom is -0.382 e. The third-order valence-corrected chi connectivity index (χ3v) is 2.95. The Kier molecular flexibility index (Phi) is 3.33. The van der Waals surface area contributed by atoms with E-state index in [4.69, 9.17) is 5.73 Å². The maximum absolute atomic E-state index is 5.88. The van der Waals surface area contributed by atoms with Crippen molar-refractivity contribution in [3.8, 4) is 0 Å². The van der Waals surface area contributed by atoms with Gasteiger partial charge in [0.15, 0.2) is 16.6 Å². The van der Waals surface area contributed by atoms with Crippen LogP contribution in [-0.4, -0.2) is 26.2 Å². The van der Waals surface area contributed by atoms with E-state index >= 15 is 0 Å². The summed E-state index contributed by atoms with van der Waals surface area (Å²) in [5, 5.41) is 0.804. The molecule has 90 valence electrons. The number of allylic oxidation sites excluding steroid dienone is 1. The number of H-pyrrole nitrogens is 1. The summed E-state index contributed by atoms with van der Waals surface area (Å²) in [5.41, 5.74) is 8.34. The molecule has 2 heterocycles. The molecule has 0 atom stereocenters. The van der Waals surface area contributed by atoms with E-state index in [1.54, 1.807) is 0 Å². The number of imidazole rings is 1. The van der Waals surface area contributed by atoms with Gasteiger partial charge in [0.1, 0.15) is 11.3 Å². The van der Waals surface area contributed by atoms with Crippen LogP contribution in [0.25, 0.3) is 11.2 Å². The molecule has 6 heteroatoms. The standard InChI is InChI=1S/C11H15N5S/c1-6(2)4-5-7-13-9(12)8-10(14-7)16-11(15-8)17-3/h1,4-5H2,2-3H3,(H3,12,13,14,15,16). The zero-order valence-corrected chi connectivity index (χ0v) is 10.8. The summed E-state index contributed by atoms with van der Waals surface area (Å²) < 4.78 is 0. The second kappa shape index (κ2) is 4.75. The molecule has 0 aliphatic rings. The zero-order chi connectivity index (χ0) is 12.4. The highest BCUT2D eigenvalue weighted by atomic mass is 32.2. The van der Waals surface area contributed by atoms with E-state index in [0.29, 0.717) is 17.0 Å². The normalized spacial score (nSPS) is 10.9. The van der Waals surface area contributed by atoms with Crippen molar-refractivity contribution < 1.29 is 0 Å². The summed E-state index contributed by atoms with van der Waals surface area (Å²) in [4.78, 5) is 16.1. The van der Waals surface area contributed by atoms with Gasteiger partial charge in [0.2, 0.25) is 0 Å². The molecule has 0 aliphatic carbocycles. The zero-order valence-electron chi connectivity index (χ0n) is 9.95. The fourth-order valence-electron chi connectivity index (χ4n) is 1.48. The van der Waals surface area contributed by atoms with Gasteiger partial charge in [-0.15, -0.1) is 6.58 Å². The first kappa shape index (κ1) is 11.9. The van der Waals surface area contributed by atoms with Crippen molar-refractivity contribution >= 4 is 28.7 Å². The lowest BCUT2D eigenvalue weighted by molar-refractivity contribution is 0.862. The van der Waals surface area contributed by atoms with E-state index in [1.165, 1.54) is 11.8 Å². The van der Waals surface area contributed by atoms with E-state index in [9.17, 15) is 0 Å². The Labute approximate surface area is 104 Å². The van der Waals surface area contributed by atoms with Gasteiger partial charge in [-0.25, -0.2) is 15.0 Å². The van der Waals surface area contributed by atoms with Gasteiger partial charge in [-0.3, -0.25) is 0 Å².